The van der Waals surface area contributed by atoms with Gasteiger partial charge in [0.1, 0.15) is 0 Å². The summed E-state index contributed by atoms with van der Waals surface area (Å²) in [5.41, 5.74) is 0. The van der Waals surface area contributed by atoms with E-state index in [1.54, 1.807) is 0 Å². The van der Waals surface area contributed by atoms with Crippen molar-refractivity contribution in [3.05, 3.63) is 10.5 Å². The highest BCUT2D eigenvalue weighted by Gasteiger charge is 1.59. The van der Waals surface area contributed by atoms with E-state index in [-0.39, 0.29) is 0 Å². The zero-order chi connectivity index (χ0) is 3.58. The van der Waals surface area contributed by atoms with Gasteiger partial charge in [0.2, 0.25) is 0 Å². The van der Waals surface area contributed by atoms with Crippen molar-refractivity contribution in [3.63, 3.8) is 0 Å². The minimum absolute atomic E-state index is 0.778. The first-order valence-corrected chi connectivity index (χ1v) is 2.42. The molecule has 0 aromatic rings. The molecule has 0 saturated heterocycles. The van der Waals surface area contributed by atoms with Gasteiger partial charge in [0.05, 0.1) is 0 Å². The maximum atomic E-state index is 5.14. The lowest BCUT2D eigenvalue weighted by molar-refractivity contribution is 2.45. The SMILES string of the molecule is C=[C]([AlH2])Cl. The number of hydrogen-bond donors (Lipinski definition) is 0. The van der Waals surface area contributed by atoms with Crippen molar-refractivity contribution in [2.75, 3.05) is 0 Å². The van der Waals surface area contributed by atoms with E-state index in [4.69, 9.17) is 11.6 Å². The summed E-state index contributed by atoms with van der Waals surface area (Å²) in [6.45, 7) is 3.38. The summed E-state index contributed by atoms with van der Waals surface area (Å²) in [5, 5.41) is 0. The monoisotopic (exact) mass is 90.0 g/mol. The topological polar surface area (TPSA) is 0 Å². The summed E-state index contributed by atoms with van der Waals surface area (Å²) in [6.07, 6.45) is 0. The fourth-order valence-corrected chi connectivity index (χ4v) is 0. The van der Waals surface area contributed by atoms with Crippen LogP contribution in [0.3, 0.4) is 0 Å². The van der Waals surface area contributed by atoms with Crippen LogP contribution in [0.2, 0.25) is 0 Å². The third-order valence-corrected chi connectivity index (χ3v) is 0. The van der Waals surface area contributed by atoms with E-state index in [1.807, 2.05) is 0 Å². The predicted molar refractivity (Wildman–Crippen MR) is 23.5 cm³/mol. The molecule has 0 bridgehead atoms. The zero-order valence-electron chi connectivity index (χ0n) is 2.59. The van der Waals surface area contributed by atoms with Gasteiger partial charge in [-0.05, 0) is 0 Å². The molecule has 0 aliphatic heterocycles. The summed E-state index contributed by atoms with van der Waals surface area (Å²) in [7, 11) is 0. The molecule has 0 nitrogen and oxygen atoms in total. The lowest BCUT2D eigenvalue weighted by atomic mass is 11.2. The molecule has 0 radical (unpaired) electrons. The van der Waals surface area contributed by atoms with E-state index >= 15 is 0 Å². The maximum Gasteiger partial charge on any atom is 0.276 e. The lowest BCUT2D eigenvalue weighted by Gasteiger charge is -1.60. The minimum Gasteiger partial charge on any atom is -0.111 e. The quantitative estimate of drug-likeness (QED) is 0.376. The molecule has 0 aromatic heterocycles. The number of hydrogen-bond acceptors (Lipinski definition) is 0. The van der Waals surface area contributed by atoms with Crippen LogP contribution < -0.4 is 0 Å². The van der Waals surface area contributed by atoms with Crippen molar-refractivity contribution in [1.82, 2.24) is 0 Å². The van der Waals surface area contributed by atoms with Crippen molar-refractivity contribution < 1.29 is 0 Å². The van der Waals surface area contributed by atoms with Crippen LogP contribution in [0, 0.1) is 0 Å². The molecule has 0 unspecified atom stereocenters. The van der Waals surface area contributed by atoms with Gasteiger partial charge in [0.25, 0.3) is 16.3 Å². The zero-order valence-corrected chi connectivity index (χ0v) is 5.34. The van der Waals surface area contributed by atoms with E-state index in [9.17, 15) is 0 Å². The summed E-state index contributed by atoms with van der Waals surface area (Å²) in [6, 6.07) is 0. The number of halogens is 1. The van der Waals surface area contributed by atoms with Gasteiger partial charge in [0.15, 0.2) is 0 Å². The van der Waals surface area contributed by atoms with Gasteiger partial charge in [-0.2, -0.15) is 0 Å². The first kappa shape index (κ1) is 4.56. The van der Waals surface area contributed by atoms with Crippen LogP contribution in [0.15, 0.2) is 10.5 Å². The molecule has 0 N–H and O–H groups in total. The second-order valence-corrected chi connectivity index (χ2v) is 3.16. The van der Waals surface area contributed by atoms with Gasteiger partial charge in [-0.15, -0.1) is 18.2 Å². The molecule has 0 rings (SSSR count). The highest BCUT2D eigenvalue weighted by Crippen LogP contribution is 1.81. The molecule has 0 fully saturated rings. The Morgan fingerprint density at radius 3 is 2.00 bits per heavy atom. The summed E-state index contributed by atoms with van der Waals surface area (Å²) in [4.78, 5) is 0. The fraction of sp³-hybridized carbons (Fsp3) is 0. The minimum atomic E-state index is 0.778. The van der Waals surface area contributed by atoms with E-state index in [1.165, 1.54) is 0 Å². The second kappa shape index (κ2) is 1.84. The molecule has 4 heavy (non-hydrogen) atoms. The van der Waals surface area contributed by atoms with Crippen molar-refractivity contribution in [3.8, 4) is 0 Å². The highest BCUT2D eigenvalue weighted by molar-refractivity contribution is 6.51. The van der Waals surface area contributed by atoms with Gasteiger partial charge >= 0.3 is 0 Å². The second-order valence-electron chi connectivity index (χ2n) is 0.676. The smallest absolute Gasteiger partial charge is 0.111 e. The van der Waals surface area contributed by atoms with Gasteiger partial charge < -0.3 is 0 Å². The van der Waals surface area contributed by atoms with Crippen LogP contribution in [0.5, 0.6) is 0 Å². The Labute approximate surface area is 38.9 Å². The molecule has 2 heteroatoms. The largest absolute Gasteiger partial charge is 0.276 e. The summed E-state index contributed by atoms with van der Waals surface area (Å²) < 4.78 is 0.778. The number of rotatable bonds is 0. The van der Waals surface area contributed by atoms with E-state index < -0.39 is 0 Å². The summed E-state index contributed by atoms with van der Waals surface area (Å²) >= 11 is 6.06. The van der Waals surface area contributed by atoms with Crippen LogP contribution in [0.4, 0.5) is 0 Å². The van der Waals surface area contributed by atoms with Crippen molar-refractivity contribution in [1.29, 1.82) is 0 Å². The molecular formula is C2H4AlCl. The predicted octanol–water partition coefficient (Wildman–Crippen LogP) is 0.329. The standard InChI is InChI=1S/C2H2Cl.Al.2H/c1-2-3;;;/h1H2;;;. The maximum absolute atomic E-state index is 5.14. The normalized spacial score (nSPS) is 6.25. The highest BCUT2D eigenvalue weighted by atomic mass is 35.5. The van der Waals surface area contributed by atoms with Gasteiger partial charge in [-0.3, -0.25) is 0 Å². The van der Waals surface area contributed by atoms with Crippen LogP contribution >= 0.6 is 11.6 Å². The average molecular weight is 90.5 g/mol. The molecule has 0 aliphatic rings. The molecule has 0 atom stereocenters. The Balaban J connectivity index is 2.80. The first-order valence-electron chi connectivity index (χ1n) is 1.04. The molecule has 0 saturated carbocycles. The third kappa shape index (κ3) is 19.8. The molecule has 0 aromatic carbocycles. The fourth-order valence-electron chi connectivity index (χ4n) is 0. The molecule has 0 spiro atoms. The van der Waals surface area contributed by atoms with Gasteiger partial charge in [0, 0.05) is 0 Å². The van der Waals surface area contributed by atoms with Crippen LogP contribution in [0.1, 0.15) is 0 Å². The van der Waals surface area contributed by atoms with Crippen molar-refractivity contribution in [2.24, 2.45) is 0 Å². The van der Waals surface area contributed by atoms with E-state index in [0.29, 0.717) is 0 Å². The van der Waals surface area contributed by atoms with Crippen LogP contribution in [-0.4, -0.2) is 16.3 Å². The molecular weight excluding hydrogens is 86.5 g/mol. The molecule has 0 aliphatic carbocycles. The Morgan fingerprint density at radius 1 is 2.00 bits per heavy atom. The average Bonchev–Trinajstić information content (AvgIpc) is 0.811. The van der Waals surface area contributed by atoms with Crippen LogP contribution in [0.25, 0.3) is 0 Å². The van der Waals surface area contributed by atoms with Gasteiger partial charge in [-0.25, -0.2) is 0 Å². The van der Waals surface area contributed by atoms with Crippen molar-refractivity contribution >= 4 is 27.9 Å². The van der Waals surface area contributed by atoms with E-state index in [0.717, 1.165) is 20.2 Å². The molecule has 0 heterocycles. The van der Waals surface area contributed by atoms with Gasteiger partial charge in [-0.1, -0.05) is 3.89 Å². The molecule has 0 amide bonds. The lowest BCUT2D eigenvalue weighted by Crippen LogP contribution is -1.50. The van der Waals surface area contributed by atoms with Crippen molar-refractivity contribution in [2.45, 2.75) is 0 Å². The Bertz CT molecular complexity index is 29.0. The van der Waals surface area contributed by atoms with Crippen LogP contribution in [-0.2, 0) is 0 Å². The van der Waals surface area contributed by atoms with E-state index in [2.05, 4.69) is 6.58 Å². The summed E-state index contributed by atoms with van der Waals surface area (Å²) in [5.74, 6) is 0. The third-order valence-electron chi connectivity index (χ3n) is 0. The Hall–Kier alpha value is 0.562. The Kier molecular flexibility index (Phi) is 2.10. The first-order chi connectivity index (χ1) is 1.73. The molecule has 22 valence electrons. The Morgan fingerprint density at radius 2 is 2.00 bits per heavy atom.